The van der Waals surface area contributed by atoms with Crippen molar-refractivity contribution < 1.29 is 19.1 Å². The van der Waals surface area contributed by atoms with Crippen LogP contribution in [0, 0.1) is 0 Å². The number of ether oxygens (including phenoxy) is 2. The van der Waals surface area contributed by atoms with Gasteiger partial charge in [-0.25, -0.2) is 0 Å². The fraction of sp³-hybridized carbons (Fsp3) is 0.167. The van der Waals surface area contributed by atoms with E-state index in [1.807, 2.05) is 60.7 Å². The van der Waals surface area contributed by atoms with E-state index in [1.165, 1.54) is 21.9 Å². The predicted molar refractivity (Wildman–Crippen MR) is 127 cm³/mol. The van der Waals surface area contributed by atoms with Crippen molar-refractivity contribution in [1.29, 1.82) is 0 Å². The maximum Gasteiger partial charge on any atom is 0.264 e. The number of hydrogen-bond acceptors (Lipinski definition) is 4. The molecule has 3 aromatic rings. The average molecular weight is 473 g/mol. The van der Waals surface area contributed by atoms with Gasteiger partial charge in [-0.15, -0.1) is 0 Å². The lowest BCUT2D eigenvalue weighted by Crippen LogP contribution is -2.31. The van der Waals surface area contributed by atoms with Gasteiger partial charge in [0.05, 0.1) is 10.0 Å². The molecule has 0 atom stereocenters. The van der Waals surface area contributed by atoms with Gasteiger partial charge < -0.3 is 19.3 Å². The van der Waals surface area contributed by atoms with E-state index >= 15 is 0 Å². The summed E-state index contributed by atoms with van der Waals surface area (Å²) in [6.45, 7) is -0.469. The molecule has 0 aliphatic heterocycles. The lowest BCUT2D eigenvalue weighted by Gasteiger charge is -2.19. The monoisotopic (exact) mass is 472 g/mol. The van der Waals surface area contributed by atoms with E-state index < -0.39 is 0 Å². The van der Waals surface area contributed by atoms with Gasteiger partial charge in [-0.05, 0) is 30.3 Å². The Bertz CT molecular complexity index is 995. The van der Waals surface area contributed by atoms with Gasteiger partial charge in [0.25, 0.3) is 11.8 Å². The molecule has 0 spiro atoms. The molecule has 0 aliphatic rings. The van der Waals surface area contributed by atoms with E-state index in [9.17, 15) is 9.59 Å². The molecule has 0 bridgehead atoms. The number of anilines is 2. The van der Waals surface area contributed by atoms with Crippen LogP contribution in [0.15, 0.2) is 72.8 Å². The van der Waals surface area contributed by atoms with Crippen LogP contribution in [0.2, 0.25) is 10.0 Å². The number of para-hydroxylation sites is 2. The summed E-state index contributed by atoms with van der Waals surface area (Å²) in [5.41, 5.74) is 1.49. The molecular weight excluding hydrogens is 451 g/mol. The normalized spacial score (nSPS) is 10.4. The quantitative estimate of drug-likeness (QED) is 0.458. The minimum Gasteiger partial charge on any atom is -0.482 e. The summed E-state index contributed by atoms with van der Waals surface area (Å²) in [7, 11) is 3.32. The highest BCUT2D eigenvalue weighted by molar-refractivity contribution is 6.36. The van der Waals surface area contributed by atoms with Crippen molar-refractivity contribution in [3.05, 3.63) is 82.8 Å². The first-order valence-electron chi connectivity index (χ1n) is 9.74. The predicted octanol–water partition coefficient (Wildman–Crippen LogP) is 5.08. The molecule has 0 aromatic heterocycles. The minimum absolute atomic E-state index is 0.227. The molecule has 0 radical (unpaired) electrons. The number of carbonyl (C=O) groups is 2. The Hall–Kier alpha value is -3.22. The molecule has 0 aliphatic carbocycles. The molecular formula is C24H22Cl2N2O4. The van der Waals surface area contributed by atoms with Crippen LogP contribution < -0.4 is 19.3 Å². The number of hydrogen-bond donors (Lipinski definition) is 0. The van der Waals surface area contributed by atoms with Gasteiger partial charge in [0.2, 0.25) is 0 Å². The molecule has 166 valence electrons. The van der Waals surface area contributed by atoms with Gasteiger partial charge in [-0.2, -0.15) is 0 Å². The summed E-state index contributed by atoms with van der Waals surface area (Å²) < 4.78 is 11.2. The standard InChI is InChI=1S/C24H22Cl2N2O4/c1-27(17-9-5-3-6-10-17)23(29)15-31-21-14-22(20(26)13-19(21)25)32-16-24(30)28(2)18-11-7-4-8-12-18/h3-14H,15-16H2,1-2H3. The Labute approximate surface area is 196 Å². The maximum absolute atomic E-state index is 12.5. The highest BCUT2D eigenvalue weighted by atomic mass is 35.5. The number of halogens is 2. The van der Waals surface area contributed by atoms with Crippen LogP contribution in [-0.4, -0.2) is 39.1 Å². The van der Waals surface area contributed by atoms with Gasteiger partial charge in [-0.3, -0.25) is 9.59 Å². The van der Waals surface area contributed by atoms with Crippen LogP contribution in [0.1, 0.15) is 0 Å². The average Bonchev–Trinajstić information content (AvgIpc) is 2.82. The third-order valence-electron chi connectivity index (χ3n) is 4.72. The second-order valence-electron chi connectivity index (χ2n) is 6.87. The van der Waals surface area contributed by atoms with Crippen molar-refractivity contribution in [3.63, 3.8) is 0 Å². The SMILES string of the molecule is CN(C(=O)COc1cc(OCC(=O)N(C)c2ccccc2)c(Cl)cc1Cl)c1ccccc1. The van der Waals surface area contributed by atoms with Crippen molar-refractivity contribution in [2.75, 3.05) is 37.1 Å². The van der Waals surface area contributed by atoms with Gasteiger partial charge in [0.1, 0.15) is 11.5 Å². The van der Waals surface area contributed by atoms with Gasteiger partial charge in [-0.1, -0.05) is 59.6 Å². The molecule has 0 N–H and O–H groups in total. The minimum atomic E-state index is -0.260. The number of carbonyl (C=O) groups excluding carboxylic acids is 2. The number of rotatable bonds is 8. The van der Waals surface area contributed by atoms with E-state index in [0.717, 1.165) is 11.4 Å². The van der Waals surface area contributed by atoms with Gasteiger partial charge >= 0.3 is 0 Å². The van der Waals surface area contributed by atoms with E-state index in [-0.39, 0.29) is 46.6 Å². The molecule has 6 nitrogen and oxygen atoms in total. The fourth-order valence-corrected chi connectivity index (χ4v) is 3.29. The van der Waals surface area contributed by atoms with Crippen molar-refractivity contribution in [2.45, 2.75) is 0 Å². The first-order valence-corrected chi connectivity index (χ1v) is 10.5. The van der Waals surface area contributed by atoms with E-state index in [1.54, 1.807) is 14.1 Å². The Kier molecular flexibility index (Phi) is 7.98. The maximum atomic E-state index is 12.5. The van der Waals surface area contributed by atoms with Crippen molar-refractivity contribution in [2.24, 2.45) is 0 Å². The fourth-order valence-electron chi connectivity index (χ4n) is 2.80. The molecule has 0 heterocycles. The second-order valence-corrected chi connectivity index (χ2v) is 7.68. The van der Waals surface area contributed by atoms with Crippen LogP contribution in [0.3, 0.4) is 0 Å². The molecule has 3 aromatic carbocycles. The smallest absolute Gasteiger partial charge is 0.264 e. The molecule has 8 heteroatoms. The molecule has 2 amide bonds. The number of benzene rings is 3. The zero-order valence-electron chi connectivity index (χ0n) is 17.6. The summed E-state index contributed by atoms with van der Waals surface area (Å²) >= 11 is 12.4. The van der Waals surface area contributed by atoms with Crippen LogP contribution in [0.25, 0.3) is 0 Å². The largest absolute Gasteiger partial charge is 0.482 e. The van der Waals surface area contributed by atoms with Crippen LogP contribution >= 0.6 is 23.2 Å². The molecule has 3 rings (SSSR count). The summed E-state index contributed by atoms with van der Waals surface area (Å²) in [4.78, 5) is 27.9. The number of likely N-dealkylation sites (N-methyl/N-ethyl adjacent to an activating group) is 2. The van der Waals surface area contributed by atoms with Gasteiger partial charge in [0, 0.05) is 31.5 Å². The van der Waals surface area contributed by atoms with Gasteiger partial charge in [0.15, 0.2) is 13.2 Å². The zero-order chi connectivity index (χ0) is 23.1. The molecule has 0 fully saturated rings. The Morgan fingerprint density at radius 2 is 1.06 bits per heavy atom. The van der Waals surface area contributed by atoms with E-state index in [4.69, 9.17) is 32.7 Å². The first kappa shape index (κ1) is 23.4. The Morgan fingerprint density at radius 3 is 1.44 bits per heavy atom. The molecule has 0 saturated carbocycles. The van der Waals surface area contributed by atoms with Crippen molar-refractivity contribution in [3.8, 4) is 11.5 Å². The summed E-state index contributed by atoms with van der Waals surface area (Å²) in [6.07, 6.45) is 0. The van der Waals surface area contributed by atoms with Crippen molar-refractivity contribution >= 4 is 46.4 Å². The second kappa shape index (κ2) is 10.9. The Balaban J connectivity index is 1.63. The number of nitrogens with zero attached hydrogens (tertiary/aromatic N) is 2. The lowest BCUT2D eigenvalue weighted by atomic mass is 10.3. The molecule has 0 saturated heterocycles. The summed E-state index contributed by atoms with van der Waals surface area (Å²) in [5, 5.41) is 0.454. The Morgan fingerprint density at radius 1 is 0.688 bits per heavy atom. The third-order valence-corrected chi connectivity index (χ3v) is 5.31. The number of amides is 2. The highest BCUT2D eigenvalue weighted by Crippen LogP contribution is 2.36. The first-order chi connectivity index (χ1) is 15.4. The third kappa shape index (κ3) is 5.93. The van der Waals surface area contributed by atoms with Crippen LogP contribution in [-0.2, 0) is 9.59 Å². The van der Waals surface area contributed by atoms with Crippen molar-refractivity contribution in [1.82, 2.24) is 0 Å². The zero-order valence-corrected chi connectivity index (χ0v) is 19.1. The summed E-state index contributed by atoms with van der Waals surface area (Å²) in [5.74, 6) is -0.0665. The summed E-state index contributed by atoms with van der Waals surface area (Å²) in [6, 6.07) is 21.3. The van der Waals surface area contributed by atoms with E-state index in [2.05, 4.69) is 0 Å². The topological polar surface area (TPSA) is 59.1 Å². The lowest BCUT2D eigenvalue weighted by molar-refractivity contribution is -0.120. The van der Waals surface area contributed by atoms with Crippen LogP contribution in [0.4, 0.5) is 11.4 Å². The highest BCUT2D eigenvalue weighted by Gasteiger charge is 2.17. The van der Waals surface area contributed by atoms with Crippen LogP contribution in [0.5, 0.6) is 11.5 Å². The molecule has 0 unspecified atom stereocenters. The van der Waals surface area contributed by atoms with E-state index in [0.29, 0.717) is 0 Å². The molecule has 32 heavy (non-hydrogen) atoms.